The third kappa shape index (κ3) is 2.02. The number of halogens is 1. The fourth-order valence-electron chi connectivity index (χ4n) is 1.62. The van der Waals surface area contributed by atoms with Gasteiger partial charge >= 0.3 is 0 Å². The first-order valence-electron chi connectivity index (χ1n) is 4.75. The fraction of sp³-hybridized carbons (Fsp3) is 0.455. The van der Waals surface area contributed by atoms with Crippen LogP contribution in [-0.4, -0.2) is 12.1 Å². The number of rotatable bonds is 0. The fourth-order valence-corrected chi connectivity index (χ4v) is 1.81. The zero-order chi connectivity index (χ0) is 10.2. The molecule has 0 unspecified atom stereocenters. The Morgan fingerprint density at radius 2 is 2.21 bits per heavy atom. The molecule has 0 radical (unpaired) electrons. The molecule has 1 N–H and O–H groups in total. The molecule has 14 heavy (non-hydrogen) atoms. The van der Waals surface area contributed by atoms with Gasteiger partial charge in [0, 0.05) is 23.7 Å². The summed E-state index contributed by atoms with van der Waals surface area (Å²) in [4.78, 5) is 0. The molecule has 0 spiro atoms. The summed E-state index contributed by atoms with van der Waals surface area (Å²) in [7, 11) is 0. The number of ether oxygens (including phenoxy) is 1. The molecule has 2 nitrogen and oxygen atoms in total. The van der Waals surface area contributed by atoms with Crippen LogP contribution in [0.5, 0.6) is 5.75 Å². The van der Waals surface area contributed by atoms with Gasteiger partial charge in [-0.05, 0) is 32.0 Å². The molecule has 0 aliphatic carbocycles. The first-order valence-corrected chi connectivity index (χ1v) is 5.13. The summed E-state index contributed by atoms with van der Waals surface area (Å²) in [6.45, 7) is 5.81. The van der Waals surface area contributed by atoms with Gasteiger partial charge in [0.25, 0.3) is 0 Å². The Bertz CT molecular complexity index is 349. The van der Waals surface area contributed by atoms with Crippen molar-refractivity contribution in [1.82, 2.24) is 5.32 Å². The Kier molecular flexibility index (Phi) is 2.41. The molecule has 1 aliphatic heterocycles. The predicted molar refractivity (Wildman–Crippen MR) is 57.9 cm³/mol. The van der Waals surface area contributed by atoms with Crippen LogP contribution in [0.3, 0.4) is 0 Å². The van der Waals surface area contributed by atoms with Crippen LogP contribution in [0.15, 0.2) is 18.2 Å². The molecule has 1 aromatic rings. The summed E-state index contributed by atoms with van der Waals surface area (Å²) < 4.78 is 5.88. The van der Waals surface area contributed by atoms with Gasteiger partial charge in [-0.1, -0.05) is 11.6 Å². The highest BCUT2D eigenvalue weighted by Gasteiger charge is 2.23. The van der Waals surface area contributed by atoms with Crippen LogP contribution in [0.2, 0.25) is 5.02 Å². The lowest BCUT2D eigenvalue weighted by Crippen LogP contribution is -2.37. The van der Waals surface area contributed by atoms with Gasteiger partial charge in [-0.15, -0.1) is 0 Å². The number of hydrogen-bond acceptors (Lipinski definition) is 2. The van der Waals surface area contributed by atoms with Crippen LogP contribution < -0.4 is 10.1 Å². The normalized spacial score (nSPS) is 19.4. The third-order valence-electron chi connectivity index (χ3n) is 2.27. The zero-order valence-electron chi connectivity index (χ0n) is 8.43. The maximum Gasteiger partial charge on any atom is 0.124 e. The SMILES string of the molecule is CC1(C)CNCc2cc(Cl)ccc2O1. The molecule has 0 bridgehead atoms. The minimum absolute atomic E-state index is 0.154. The standard InChI is InChI=1S/C11H14ClNO/c1-11(2)7-13-6-8-5-9(12)3-4-10(8)14-11/h3-5,13H,6-7H2,1-2H3. The van der Waals surface area contributed by atoms with Crippen molar-refractivity contribution in [3.8, 4) is 5.75 Å². The average molecular weight is 212 g/mol. The second kappa shape index (κ2) is 3.44. The highest BCUT2D eigenvalue weighted by molar-refractivity contribution is 6.30. The van der Waals surface area contributed by atoms with Crippen LogP contribution in [-0.2, 0) is 6.54 Å². The van der Waals surface area contributed by atoms with Crippen molar-refractivity contribution < 1.29 is 4.74 Å². The van der Waals surface area contributed by atoms with Crippen molar-refractivity contribution in [3.05, 3.63) is 28.8 Å². The molecule has 1 aliphatic rings. The first kappa shape index (κ1) is 9.81. The number of fused-ring (bicyclic) bond motifs is 1. The lowest BCUT2D eigenvalue weighted by atomic mass is 10.1. The van der Waals surface area contributed by atoms with Crippen molar-refractivity contribution in [2.24, 2.45) is 0 Å². The summed E-state index contributed by atoms with van der Waals surface area (Å²) in [6, 6.07) is 5.75. The van der Waals surface area contributed by atoms with Crippen LogP contribution in [0.1, 0.15) is 19.4 Å². The van der Waals surface area contributed by atoms with Gasteiger partial charge in [0.1, 0.15) is 11.4 Å². The molecule has 0 saturated carbocycles. The van der Waals surface area contributed by atoms with Gasteiger partial charge in [-0.2, -0.15) is 0 Å². The third-order valence-corrected chi connectivity index (χ3v) is 2.51. The largest absolute Gasteiger partial charge is 0.486 e. The van der Waals surface area contributed by atoms with Crippen molar-refractivity contribution >= 4 is 11.6 Å². The molecular weight excluding hydrogens is 198 g/mol. The van der Waals surface area contributed by atoms with Gasteiger partial charge in [-0.3, -0.25) is 0 Å². The smallest absolute Gasteiger partial charge is 0.124 e. The number of nitrogens with one attached hydrogen (secondary N) is 1. The van der Waals surface area contributed by atoms with E-state index in [1.165, 1.54) is 0 Å². The molecule has 0 saturated heterocycles. The highest BCUT2D eigenvalue weighted by atomic mass is 35.5. The van der Waals surface area contributed by atoms with Crippen LogP contribution in [0, 0.1) is 0 Å². The first-order chi connectivity index (χ1) is 6.57. The summed E-state index contributed by atoms with van der Waals surface area (Å²) in [5.74, 6) is 0.935. The minimum atomic E-state index is -0.154. The minimum Gasteiger partial charge on any atom is -0.486 e. The molecule has 76 valence electrons. The van der Waals surface area contributed by atoms with E-state index >= 15 is 0 Å². The molecule has 3 heteroatoms. The van der Waals surface area contributed by atoms with Gasteiger partial charge in [0.05, 0.1) is 0 Å². The van der Waals surface area contributed by atoms with E-state index in [1.807, 2.05) is 18.2 Å². The van der Waals surface area contributed by atoms with E-state index in [4.69, 9.17) is 16.3 Å². The highest BCUT2D eigenvalue weighted by Crippen LogP contribution is 2.28. The summed E-state index contributed by atoms with van der Waals surface area (Å²) in [5, 5.41) is 4.10. The van der Waals surface area contributed by atoms with E-state index in [1.54, 1.807) is 0 Å². The van der Waals surface area contributed by atoms with Gasteiger partial charge in [0.15, 0.2) is 0 Å². The lowest BCUT2D eigenvalue weighted by molar-refractivity contribution is 0.115. The zero-order valence-corrected chi connectivity index (χ0v) is 9.19. The van der Waals surface area contributed by atoms with E-state index in [-0.39, 0.29) is 5.60 Å². The van der Waals surface area contributed by atoms with E-state index in [9.17, 15) is 0 Å². The Morgan fingerprint density at radius 3 is 3.00 bits per heavy atom. The second-order valence-electron chi connectivity index (χ2n) is 4.22. The summed E-state index contributed by atoms with van der Waals surface area (Å²) in [5.41, 5.74) is 0.974. The maximum atomic E-state index is 5.92. The number of benzene rings is 1. The molecule has 1 heterocycles. The maximum absolute atomic E-state index is 5.92. The van der Waals surface area contributed by atoms with E-state index in [0.29, 0.717) is 0 Å². The predicted octanol–water partition coefficient (Wildman–Crippen LogP) is 2.60. The molecular formula is C11H14ClNO. The lowest BCUT2D eigenvalue weighted by Gasteiger charge is -2.24. The van der Waals surface area contributed by atoms with Gasteiger partial charge in [0.2, 0.25) is 0 Å². The Hall–Kier alpha value is -0.730. The van der Waals surface area contributed by atoms with Gasteiger partial charge in [-0.25, -0.2) is 0 Å². The Morgan fingerprint density at radius 1 is 1.43 bits per heavy atom. The van der Waals surface area contributed by atoms with Gasteiger partial charge < -0.3 is 10.1 Å². The van der Waals surface area contributed by atoms with E-state index in [0.717, 1.165) is 29.4 Å². The second-order valence-corrected chi connectivity index (χ2v) is 4.65. The van der Waals surface area contributed by atoms with Crippen molar-refractivity contribution in [2.45, 2.75) is 26.0 Å². The average Bonchev–Trinajstić information content (AvgIpc) is 2.22. The molecule has 2 rings (SSSR count). The Balaban J connectivity index is 2.37. The Labute approximate surface area is 89.2 Å². The van der Waals surface area contributed by atoms with Crippen molar-refractivity contribution in [2.75, 3.05) is 6.54 Å². The molecule has 1 aromatic carbocycles. The van der Waals surface area contributed by atoms with Crippen molar-refractivity contribution in [3.63, 3.8) is 0 Å². The van der Waals surface area contributed by atoms with Crippen LogP contribution in [0.25, 0.3) is 0 Å². The molecule has 0 atom stereocenters. The molecule has 0 amide bonds. The monoisotopic (exact) mass is 211 g/mol. The van der Waals surface area contributed by atoms with E-state index in [2.05, 4.69) is 19.2 Å². The topological polar surface area (TPSA) is 21.3 Å². The van der Waals surface area contributed by atoms with E-state index < -0.39 is 0 Å². The number of hydrogen-bond donors (Lipinski definition) is 1. The summed E-state index contributed by atoms with van der Waals surface area (Å²) in [6.07, 6.45) is 0. The quantitative estimate of drug-likeness (QED) is 0.713. The van der Waals surface area contributed by atoms with Crippen LogP contribution >= 0.6 is 11.6 Å². The molecule has 0 fully saturated rings. The molecule has 0 aromatic heterocycles. The van der Waals surface area contributed by atoms with Crippen LogP contribution in [0.4, 0.5) is 0 Å². The summed E-state index contributed by atoms with van der Waals surface area (Å²) >= 11 is 5.92. The van der Waals surface area contributed by atoms with Crippen molar-refractivity contribution in [1.29, 1.82) is 0 Å².